The predicted molar refractivity (Wildman–Crippen MR) is 167 cm³/mol. The van der Waals surface area contributed by atoms with E-state index in [0.29, 0.717) is 18.9 Å². The lowest BCUT2D eigenvalue weighted by atomic mass is 9.45. The van der Waals surface area contributed by atoms with Crippen molar-refractivity contribution in [2.45, 2.75) is 87.3 Å². The molecule has 4 heterocycles. The van der Waals surface area contributed by atoms with E-state index < -0.39 is 17.1 Å². The highest BCUT2D eigenvalue weighted by Gasteiger charge is 2.68. The lowest BCUT2D eigenvalue weighted by molar-refractivity contribution is -0.177. The fraction of sp³-hybridized carbons (Fsp3) is 0.636. The molecule has 3 saturated carbocycles. The third-order valence-electron chi connectivity index (χ3n) is 12.1. The molecule has 4 aliphatic carbocycles. The van der Waals surface area contributed by atoms with Crippen molar-refractivity contribution >= 4 is 45.3 Å². The number of thiazole rings is 1. The Bertz CT molecular complexity index is 1580. The molecule has 0 amide bonds. The van der Waals surface area contributed by atoms with Crippen LogP contribution in [0.2, 0.25) is 0 Å². The molecule has 7 unspecified atom stereocenters. The van der Waals surface area contributed by atoms with Crippen LogP contribution < -0.4 is 0 Å². The van der Waals surface area contributed by atoms with Crippen molar-refractivity contribution in [3.63, 3.8) is 0 Å². The maximum atomic E-state index is 13.8. The van der Waals surface area contributed by atoms with Gasteiger partial charge < -0.3 is 14.9 Å². The number of thioether (sulfide) groups is 1. The molecule has 3 aromatic heterocycles. The molecule has 1 saturated heterocycles. The molecule has 7 atom stereocenters. The molecule has 4 fully saturated rings. The standard InChI is InChI=1S/C33H40N4O4S2/c1-31-15-19-17-35-37(21-8-12-41-13-9-21)25(19)14-20(31)5-6-22-23-7-10-33(40,32(23,2)16-26(38)28(22)31)27(39)18-42-30-36-24-4-3-11-34-29(24)43-30/h3-4,11,14,17,21-23,26,28,38,40H,5-10,12-13,15-16,18H2,1-2H3. The first-order valence-corrected chi connectivity index (χ1v) is 17.6. The fourth-order valence-corrected chi connectivity index (χ4v) is 11.9. The minimum atomic E-state index is -1.44. The van der Waals surface area contributed by atoms with Crippen LogP contribution in [0.1, 0.15) is 76.1 Å². The summed E-state index contributed by atoms with van der Waals surface area (Å²) in [6.07, 6.45) is 12.2. The van der Waals surface area contributed by atoms with Crippen molar-refractivity contribution in [1.82, 2.24) is 19.7 Å². The number of carbonyl (C=O) groups is 1. The Morgan fingerprint density at radius 2 is 2.07 bits per heavy atom. The molecule has 0 spiro atoms. The zero-order valence-electron chi connectivity index (χ0n) is 24.9. The molecule has 2 N–H and O–H groups in total. The van der Waals surface area contributed by atoms with E-state index in [4.69, 9.17) is 9.84 Å². The van der Waals surface area contributed by atoms with Gasteiger partial charge in [-0.1, -0.05) is 42.5 Å². The van der Waals surface area contributed by atoms with E-state index in [9.17, 15) is 15.0 Å². The van der Waals surface area contributed by atoms with Gasteiger partial charge in [-0.05, 0) is 98.3 Å². The molecule has 1 aliphatic heterocycles. The molecule has 0 radical (unpaired) electrons. The molecule has 0 bridgehead atoms. The minimum Gasteiger partial charge on any atom is -0.393 e. The van der Waals surface area contributed by atoms with Gasteiger partial charge in [0.1, 0.15) is 15.9 Å². The molecule has 8 nitrogen and oxygen atoms in total. The second-order valence-electron chi connectivity index (χ2n) is 14.0. The smallest absolute Gasteiger partial charge is 0.175 e. The highest BCUT2D eigenvalue weighted by Crippen LogP contribution is 2.67. The zero-order valence-corrected chi connectivity index (χ0v) is 26.5. The van der Waals surface area contributed by atoms with E-state index in [-0.39, 0.29) is 34.7 Å². The van der Waals surface area contributed by atoms with E-state index in [1.165, 1.54) is 39.9 Å². The first-order valence-electron chi connectivity index (χ1n) is 15.8. The molecule has 43 heavy (non-hydrogen) atoms. The third-order valence-corrected chi connectivity index (χ3v) is 14.2. The number of rotatable bonds is 5. The number of carbonyl (C=O) groups excluding carboxylic acids is 1. The lowest BCUT2D eigenvalue weighted by Crippen LogP contribution is -2.62. The average Bonchev–Trinajstić information content (AvgIpc) is 3.68. The molecule has 228 valence electrons. The van der Waals surface area contributed by atoms with E-state index in [1.807, 2.05) is 12.1 Å². The summed E-state index contributed by atoms with van der Waals surface area (Å²) in [7, 11) is 0. The van der Waals surface area contributed by atoms with Crippen molar-refractivity contribution in [2.24, 2.45) is 28.6 Å². The molecule has 0 aromatic carbocycles. The largest absolute Gasteiger partial charge is 0.393 e. The van der Waals surface area contributed by atoms with Crippen LogP contribution in [0.5, 0.6) is 0 Å². The Kier molecular flexibility index (Phi) is 6.73. The normalized spacial score (nSPS) is 37.3. The van der Waals surface area contributed by atoms with Crippen LogP contribution in [0, 0.1) is 28.6 Å². The lowest BCUT2D eigenvalue weighted by Gasteiger charge is -2.60. The average molecular weight is 621 g/mol. The molecule has 3 aromatic rings. The van der Waals surface area contributed by atoms with Gasteiger partial charge in [0.05, 0.1) is 29.8 Å². The van der Waals surface area contributed by atoms with Gasteiger partial charge in [-0.15, -0.1) is 0 Å². The van der Waals surface area contributed by atoms with Crippen LogP contribution in [0.4, 0.5) is 0 Å². The summed E-state index contributed by atoms with van der Waals surface area (Å²) in [5.74, 6) is 0.620. The SMILES string of the molecule is CC12Cc3cnn(C4CCOCC4)c3C=C1CCC1C2C(O)CC2(C)C1CCC2(O)C(=O)CSc1nc2cccnc2s1. The number of fused-ring (bicyclic) bond motifs is 7. The Morgan fingerprint density at radius 3 is 2.88 bits per heavy atom. The van der Waals surface area contributed by atoms with E-state index in [1.54, 1.807) is 6.20 Å². The van der Waals surface area contributed by atoms with Crippen LogP contribution in [0.25, 0.3) is 16.4 Å². The molecule has 8 rings (SSSR count). The van der Waals surface area contributed by atoms with Crippen molar-refractivity contribution < 1.29 is 19.7 Å². The quantitative estimate of drug-likeness (QED) is 0.361. The highest BCUT2D eigenvalue weighted by atomic mass is 32.2. The van der Waals surface area contributed by atoms with Gasteiger partial charge >= 0.3 is 0 Å². The fourth-order valence-electron chi connectivity index (χ4n) is 9.95. The van der Waals surface area contributed by atoms with Crippen LogP contribution in [-0.4, -0.2) is 66.4 Å². The van der Waals surface area contributed by atoms with Crippen molar-refractivity contribution in [2.75, 3.05) is 19.0 Å². The summed E-state index contributed by atoms with van der Waals surface area (Å²) in [5, 5.41) is 29.0. The van der Waals surface area contributed by atoms with Crippen LogP contribution >= 0.6 is 23.1 Å². The summed E-state index contributed by atoms with van der Waals surface area (Å²) in [6.45, 7) is 6.01. The monoisotopic (exact) mass is 620 g/mol. The Hall–Kier alpha value is -2.11. The summed E-state index contributed by atoms with van der Waals surface area (Å²) in [6, 6.07) is 4.18. The Labute approximate surface area is 260 Å². The van der Waals surface area contributed by atoms with Gasteiger partial charge in [-0.3, -0.25) is 9.48 Å². The Morgan fingerprint density at radius 1 is 1.23 bits per heavy atom. The second kappa shape index (κ2) is 10.2. The number of hydrogen-bond donors (Lipinski definition) is 2. The van der Waals surface area contributed by atoms with Crippen LogP contribution in [-0.2, 0) is 16.0 Å². The van der Waals surface area contributed by atoms with E-state index in [0.717, 1.165) is 66.4 Å². The topological polar surface area (TPSA) is 110 Å². The van der Waals surface area contributed by atoms with Crippen LogP contribution in [0.15, 0.2) is 34.4 Å². The Balaban J connectivity index is 1.04. The number of aromatic nitrogens is 4. The number of ketones is 1. The van der Waals surface area contributed by atoms with Gasteiger partial charge in [-0.25, -0.2) is 9.97 Å². The first kappa shape index (κ1) is 28.4. The number of ether oxygens (including phenoxy) is 1. The van der Waals surface area contributed by atoms with Crippen molar-refractivity contribution in [3.8, 4) is 0 Å². The third kappa shape index (κ3) is 4.19. The maximum absolute atomic E-state index is 13.8. The summed E-state index contributed by atoms with van der Waals surface area (Å²) in [4.78, 5) is 23.7. The number of aliphatic hydroxyl groups is 2. The number of Topliss-reactive ketones (excluding diaryl/α,β-unsaturated/α-hetero) is 1. The highest BCUT2D eigenvalue weighted by molar-refractivity contribution is 8.01. The number of aliphatic hydroxyl groups excluding tert-OH is 1. The van der Waals surface area contributed by atoms with Gasteiger partial charge in [-0.2, -0.15) is 5.10 Å². The minimum absolute atomic E-state index is 0.104. The predicted octanol–water partition coefficient (Wildman–Crippen LogP) is 5.48. The van der Waals surface area contributed by atoms with Crippen molar-refractivity contribution in [1.29, 1.82) is 0 Å². The van der Waals surface area contributed by atoms with Crippen molar-refractivity contribution in [3.05, 3.63) is 41.4 Å². The maximum Gasteiger partial charge on any atom is 0.175 e. The number of allylic oxidation sites excluding steroid dienone is 1. The van der Waals surface area contributed by atoms with Gasteiger partial charge in [0.2, 0.25) is 0 Å². The van der Waals surface area contributed by atoms with Gasteiger partial charge in [0, 0.05) is 24.8 Å². The second-order valence-corrected chi connectivity index (χ2v) is 16.2. The summed E-state index contributed by atoms with van der Waals surface area (Å²) >= 11 is 2.88. The molecule has 5 aliphatic rings. The van der Waals surface area contributed by atoms with E-state index >= 15 is 0 Å². The first-order chi connectivity index (χ1) is 20.7. The van der Waals surface area contributed by atoms with E-state index in [2.05, 4.69) is 40.8 Å². The molecular weight excluding hydrogens is 581 g/mol. The van der Waals surface area contributed by atoms with Crippen LogP contribution in [0.3, 0.4) is 0 Å². The zero-order chi connectivity index (χ0) is 29.6. The number of pyridine rings is 1. The summed E-state index contributed by atoms with van der Waals surface area (Å²) in [5.41, 5.74) is 2.55. The molecule has 10 heteroatoms. The van der Waals surface area contributed by atoms with Gasteiger partial charge in [0.15, 0.2) is 10.1 Å². The number of nitrogens with zero attached hydrogens (tertiary/aromatic N) is 4. The molecular formula is C33H40N4O4S2. The summed E-state index contributed by atoms with van der Waals surface area (Å²) < 4.78 is 8.63. The number of hydrogen-bond acceptors (Lipinski definition) is 9. The van der Waals surface area contributed by atoms with Gasteiger partial charge in [0.25, 0.3) is 0 Å².